The zero-order valence-electron chi connectivity index (χ0n) is 17.9. The number of ether oxygens (including phenoxy) is 1. The van der Waals surface area contributed by atoms with Crippen molar-refractivity contribution in [1.29, 1.82) is 0 Å². The highest BCUT2D eigenvalue weighted by molar-refractivity contribution is 7.89. The van der Waals surface area contributed by atoms with Gasteiger partial charge < -0.3 is 15.4 Å². The summed E-state index contributed by atoms with van der Waals surface area (Å²) >= 11 is 0. The molecule has 2 rings (SSSR count). The van der Waals surface area contributed by atoms with Crippen LogP contribution in [0.25, 0.3) is 0 Å². The molecule has 164 valence electrons. The van der Waals surface area contributed by atoms with E-state index in [1.54, 1.807) is 0 Å². The third kappa shape index (κ3) is 9.14. The molecule has 0 saturated carbocycles. The molecule has 0 bridgehead atoms. The van der Waals surface area contributed by atoms with E-state index >= 15 is 0 Å². The van der Waals surface area contributed by atoms with Gasteiger partial charge in [0.1, 0.15) is 0 Å². The van der Waals surface area contributed by atoms with E-state index in [9.17, 15) is 8.42 Å². The number of nitrogens with one attached hydrogen (secondary N) is 3. The monoisotopic (exact) mass is 424 g/mol. The van der Waals surface area contributed by atoms with Gasteiger partial charge in [-0.25, -0.2) is 13.1 Å². The fourth-order valence-electron chi connectivity index (χ4n) is 3.13. The number of rotatable bonds is 10. The molecule has 3 N–H and O–H groups in total. The first kappa shape index (κ1) is 23.6. The lowest BCUT2D eigenvalue weighted by Crippen LogP contribution is -2.42. The first-order valence-corrected chi connectivity index (χ1v) is 12.2. The third-order valence-electron chi connectivity index (χ3n) is 4.98. The van der Waals surface area contributed by atoms with E-state index in [1.807, 2.05) is 6.92 Å². The Morgan fingerprint density at radius 2 is 2.00 bits per heavy atom. The molecule has 2 atom stereocenters. The van der Waals surface area contributed by atoms with Crippen LogP contribution in [0.15, 0.2) is 29.3 Å². The first-order chi connectivity index (χ1) is 13.9. The Bertz CT molecular complexity index is 729. The lowest BCUT2D eigenvalue weighted by molar-refractivity contribution is 0.0200. The molecule has 1 saturated heterocycles. The Morgan fingerprint density at radius 1 is 1.24 bits per heavy atom. The van der Waals surface area contributed by atoms with Crippen LogP contribution in [0.1, 0.15) is 50.2 Å². The van der Waals surface area contributed by atoms with Gasteiger partial charge >= 0.3 is 0 Å². The second kappa shape index (κ2) is 12.1. The van der Waals surface area contributed by atoms with Crippen LogP contribution in [-0.4, -0.2) is 59.0 Å². The Balaban J connectivity index is 1.78. The second-order valence-corrected chi connectivity index (χ2v) is 9.54. The van der Waals surface area contributed by atoms with Gasteiger partial charge in [-0.3, -0.25) is 4.99 Å². The van der Waals surface area contributed by atoms with E-state index in [4.69, 9.17) is 4.74 Å². The topological polar surface area (TPSA) is 91.8 Å². The number of benzene rings is 1. The summed E-state index contributed by atoms with van der Waals surface area (Å²) < 4.78 is 32.7. The molecule has 1 aromatic rings. The van der Waals surface area contributed by atoms with Crippen LogP contribution in [0.5, 0.6) is 0 Å². The maximum atomic E-state index is 12.2. The quantitative estimate of drug-likeness (QED) is 0.395. The first-order valence-electron chi connectivity index (χ1n) is 10.6. The lowest BCUT2D eigenvalue weighted by Gasteiger charge is -2.22. The zero-order valence-corrected chi connectivity index (χ0v) is 18.7. The smallest absolute Gasteiger partial charge is 0.213 e. The Labute approximate surface area is 175 Å². The molecular weight excluding hydrogens is 388 g/mol. The molecule has 29 heavy (non-hydrogen) atoms. The van der Waals surface area contributed by atoms with Crippen LogP contribution < -0.4 is 15.4 Å². The van der Waals surface area contributed by atoms with Gasteiger partial charge in [-0.2, -0.15) is 0 Å². The molecule has 7 nitrogen and oxygen atoms in total. The third-order valence-corrected chi connectivity index (χ3v) is 6.33. The van der Waals surface area contributed by atoms with Gasteiger partial charge in [0.25, 0.3) is 0 Å². The SMILES string of the molecule is CCNC(=NCC(C)c1ccc(C)cc1)NCCS(=O)(=O)NCC1CCCCO1. The van der Waals surface area contributed by atoms with E-state index in [-0.39, 0.29) is 17.8 Å². The molecule has 0 spiro atoms. The highest BCUT2D eigenvalue weighted by Gasteiger charge is 2.17. The van der Waals surface area contributed by atoms with Crippen LogP contribution in [0.2, 0.25) is 0 Å². The van der Waals surface area contributed by atoms with Crippen LogP contribution in [0, 0.1) is 6.92 Å². The highest BCUT2D eigenvalue weighted by atomic mass is 32.2. The van der Waals surface area contributed by atoms with Gasteiger partial charge in [0, 0.05) is 38.7 Å². The van der Waals surface area contributed by atoms with E-state index in [2.05, 4.69) is 58.5 Å². The summed E-state index contributed by atoms with van der Waals surface area (Å²) in [6.45, 7) is 8.91. The van der Waals surface area contributed by atoms with Gasteiger partial charge in [0.05, 0.1) is 11.9 Å². The van der Waals surface area contributed by atoms with Gasteiger partial charge in [-0.15, -0.1) is 0 Å². The molecule has 0 aromatic heterocycles. The summed E-state index contributed by atoms with van der Waals surface area (Å²) in [4.78, 5) is 4.61. The molecule has 8 heteroatoms. The number of aliphatic imine (C=N–C) groups is 1. The van der Waals surface area contributed by atoms with Crippen molar-refractivity contribution in [2.24, 2.45) is 4.99 Å². The van der Waals surface area contributed by atoms with Crippen molar-refractivity contribution in [3.63, 3.8) is 0 Å². The fourth-order valence-corrected chi connectivity index (χ4v) is 4.09. The largest absolute Gasteiger partial charge is 0.377 e. The predicted molar refractivity (Wildman–Crippen MR) is 119 cm³/mol. The van der Waals surface area contributed by atoms with Crippen molar-refractivity contribution in [3.05, 3.63) is 35.4 Å². The number of nitrogens with zero attached hydrogens (tertiary/aromatic N) is 1. The minimum atomic E-state index is -3.35. The summed E-state index contributed by atoms with van der Waals surface area (Å²) in [6, 6.07) is 8.47. The molecule has 1 aromatic carbocycles. The second-order valence-electron chi connectivity index (χ2n) is 7.61. The maximum Gasteiger partial charge on any atom is 0.213 e. The Hall–Kier alpha value is -1.64. The molecule has 1 fully saturated rings. The zero-order chi connectivity index (χ0) is 21.1. The summed E-state index contributed by atoms with van der Waals surface area (Å²) in [5.41, 5.74) is 2.48. The van der Waals surface area contributed by atoms with Crippen LogP contribution in [0.4, 0.5) is 0 Å². The fraction of sp³-hybridized carbons (Fsp3) is 0.667. The Kier molecular flexibility index (Phi) is 9.90. The standard InChI is InChI=1S/C21H36N4O3S/c1-4-22-21(24-15-18(3)19-10-8-17(2)9-11-19)23-12-14-29(26,27)25-16-20-7-5-6-13-28-20/h8-11,18,20,25H,4-7,12-16H2,1-3H3,(H2,22,23,24). The normalized spacial score (nSPS) is 19.0. The predicted octanol–water partition coefficient (Wildman–Crippen LogP) is 2.14. The van der Waals surface area contributed by atoms with E-state index < -0.39 is 10.0 Å². The van der Waals surface area contributed by atoms with Gasteiger partial charge in [-0.1, -0.05) is 36.8 Å². The molecule has 0 aliphatic carbocycles. The molecule has 1 aliphatic heterocycles. The van der Waals surface area contributed by atoms with Gasteiger partial charge in [-0.05, 0) is 38.7 Å². The minimum absolute atomic E-state index is 0.00233. The number of sulfonamides is 1. The maximum absolute atomic E-state index is 12.2. The Morgan fingerprint density at radius 3 is 2.66 bits per heavy atom. The minimum Gasteiger partial charge on any atom is -0.377 e. The number of aryl methyl sites for hydroxylation is 1. The molecular formula is C21H36N4O3S. The van der Waals surface area contributed by atoms with Gasteiger partial charge in [0.15, 0.2) is 5.96 Å². The van der Waals surface area contributed by atoms with Crippen LogP contribution in [0.3, 0.4) is 0 Å². The number of hydrogen-bond donors (Lipinski definition) is 3. The average Bonchev–Trinajstić information content (AvgIpc) is 2.71. The average molecular weight is 425 g/mol. The van der Waals surface area contributed by atoms with Crippen molar-refractivity contribution < 1.29 is 13.2 Å². The molecule has 1 heterocycles. The van der Waals surface area contributed by atoms with Gasteiger partial charge in [0.2, 0.25) is 10.0 Å². The summed E-state index contributed by atoms with van der Waals surface area (Å²) in [6.07, 6.45) is 3.06. The lowest BCUT2D eigenvalue weighted by atomic mass is 10.0. The molecule has 2 unspecified atom stereocenters. The molecule has 0 radical (unpaired) electrons. The summed E-state index contributed by atoms with van der Waals surface area (Å²) in [5, 5.41) is 6.29. The summed E-state index contributed by atoms with van der Waals surface area (Å²) in [7, 11) is -3.35. The van der Waals surface area contributed by atoms with Crippen molar-refractivity contribution >= 4 is 16.0 Å². The summed E-state index contributed by atoms with van der Waals surface area (Å²) in [5.74, 6) is 0.918. The van der Waals surface area contributed by atoms with E-state index in [0.29, 0.717) is 25.6 Å². The van der Waals surface area contributed by atoms with Crippen LogP contribution in [-0.2, 0) is 14.8 Å². The van der Waals surface area contributed by atoms with Crippen LogP contribution >= 0.6 is 0 Å². The number of guanidine groups is 1. The van der Waals surface area contributed by atoms with Crippen molar-refractivity contribution in [2.45, 2.75) is 52.1 Å². The highest BCUT2D eigenvalue weighted by Crippen LogP contribution is 2.16. The van der Waals surface area contributed by atoms with Crippen molar-refractivity contribution in [3.8, 4) is 0 Å². The molecule has 1 aliphatic rings. The van der Waals surface area contributed by atoms with E-state index in [0.717, 1.165) is 32.4 Å². The van der Waals surface area contributed by atoms with Crippen molar-refractivity contribution in [2.75, 3.05) is 38.5 Å². The number of hydrogen-bond acceptors (Lipinski definition) is 4. The van der Waals surface area contributed by atoms with E-state index in [1.165, 1.54) is 11.1 Å². The van der Waals surface area contributed by atoms with Crippen molar-refractivity contribution in [1.82, 2.24) is 15.4 Å². The molecule has 0 amide bonds.